The van der Waals surface area contributed by atoms with E-state index in [0.29, 0.717) is 5.69 Å². The Hall–Kier alpha value is -2.48. The summed E-state index contributed by atoms with van der Waals surface area (Å²) in [6.07, 6.45) is 1.17. The molecular weight excluding hydrogens is 350 g/mol. The van der Waals surface area contributed by atoms with Crippen LogP contribution in [0.1, 0.15) is 12.8 Å². The van der Waals surface area contributed by atoms with E-state index in [-0.39, 0.29) is 31.0 Å². The van der Waals surface area contributed by atoms with E-state index in [4.69, 9.17) is 0 Å². The maximum absolute atomic E-state index is 13.9. The smallest absolute Gasteiger partial charge is 0.232 e. The molecule has 1 amide bonds. The molecule has 2 aromatic carbocycles. The van der Waals surface area contributed by atoms with Gasteiger partial charge >= 0.3 is 0 Å². The molecule has 0 unspecified atom stereocenters. The summed E-state index contributed by atoms with van der Waals surface area (Å²) < 4.78 is 51.7. The molecule has 0 aliphatic carbocycles. The minimum Gasteiger partial charge on any atom is -0.326 e. The molecule has 8 heteroatoms. The van der Waals surface area contributed by atoms with Crippen molar-refractivity contribution in [2.75, 3.05) is 22.4 Å². The lowest BCUT2D eigenvalue weighted by Gasteiger charge is -2.22. The Labute approximate surface area is 145 Å². The average molecular weight is 368 g/mol. The third-order valence-corrected chi connectivity index (χ3v) is 4.57. The zero-order chi connectivity index (χ0) is 18.4. The molecule has 0 aliphatic rings. The number of nitrogens with zero attached hydrogens (tertiary/aromatic N) is 1. The summed E-state index contributed by atoms with van der Waals surface area (Å²) in [5.74, 6) is -1.51. The van der Waals surface area contributed by atoms with Crippen LogP contribution in [0.15, 0.2) is 48.5 Å². The summed E-state index contributed by atoms with van der Waals surface area (Å²) in [4.78, 5) is 11.9. The highest BCUT2D eigenvalue weighted by atomic mass is 32.2. The number of rotatable bonds is 7. The molecule has 0 heterocycles. The molecule has 2 aromatic rings. The average Bonchev–Trinajstić information content (AvgIpc) is 2.51. The Bertz CT molecular complexity index is 856. The van der Waals surface area contributed by atoms with Crippen LogP contribution in [0.25, 0.3) is 0 Å². The summed E-state index contributed by atoms with van der Waals surface area (Å²) in [5, 5.41) is 2.53. The summed E-state index contributed by atoms with van der Waals surface area (Å²) in [6.45, 7) is -0.0453. The number of carbonyl (C=O) groups is 1. The number of hydrogen-bond donors (Lipinski definition) is 1. The van der Waals surface area contributed by atoms with Crippen LogP contribution < -0.4 is 9.62 Å². The minimum atomic E-state index is -3.69. The van der Waals surface area contributed by atoms with Crippen LogP contribution in [0.4, 0.5) is 20.2 Å². The van der Waals surface area contributed by atoms with Crippen LogP contribution in [0.3, 0.4) is 0 Å². The number of anilines is 2. The number of sulfonamides is 1. The van der Waals surface area contributed by atoms with Gasteiger partial charge in [-0.3, -0.25) is 9.10 Å². The van der Waals surface area contributed by atoms with Crippen molar-refractivity contribution in [1.29, 1.82) is 0 Å². The second-order valence-electron chi connectivity index (χ2n) is 5.45. The van der Waals surface area contributed by atoms with Crippen molar-refractivity contribution < 1.29 is 22.0 Å². The molecule has 1 N–H and O–H groups in total. The van der Waals surface area contributed by atoms with Gasteiger partial charge in [0.1, 0.15) is 11.6 Å². The highest BCUT2D eigenvalue weighted by Gasteiger charge is 2.20. The fourth-order valence-electron chi connectivity index (χ4n) is 2.29. The van der Waals surface area contributed by atoms with E-state index in [0.717, 1.165) is 10.6 Å². The van der Waals surface area contributed by atoms with Crippen LogP contribution >= 0.6 is 0 Å². The van der Waals surface area contributed by atoms with E-state index < -0.39 is 21.7 Å². The van der Waals surface area contributed by atoms with Gasteiger partial charge in [-0.25, -0.2) is 17.2 Å². The first-order valence-electron chi connectivity index (χ1n) is 7.55. The Balaban J connectivity index is 1.97. The Kier molecular flexibility index (Phi) is 6.08. The van der Waals surface area contributed by atoms with Gasteiger partial charge in [0.05, 0.1) is 11.9 Å². The first-order valence-corrected chi connectivity index (χ1v) is 9.40. The Morgan fingerprint density at radius 2 is 1.84 bits per heavy atom. The lowest BCUT2D eigenvalue weighted by molar-refractivity contribution is -0.116. The van der Waals surface area contributed by atoms with Crippen molar-refractivity contribution >= 4 is 27.3 Å². The van der Waals surface area contributed by atoms with Crippen molar-refractivity contribution in [2.24, 2.45) is 0 Å². The molecule has 0 fully saturated rings. The molecule has 25 heavy (non-hydrogen) atoms. The van der Waals surface area contributed by atoms with Crippen LogP contribution in [-0.2, 0) is 14.8 Å². The molecule has 134 valence electrons. The molecule has 0 saturated heterocycles. The van der Waals surface area contributed by atoms with Gasteiger partial charge < -0.3 is 5.32 Å². The summed E-state index contributed by atoms with van der Waals surface area (Å²) in [6, 6.07) is 11.0. The van der Waals surface area contributed by atoms with Gasteiger partial charge in [-0.1, -0.05) is 18.2 Å². The number of benzene rings is 2. The first-order chi connectivity index (χ1) is 11.8. The number of hydrogen-bond acceptors (Lipinski definition) is 3. The summed E-state index contributed by atoms with van der Waals surface area (Å²) >= 11 is 0. The predicted molar refractivity (Wildman–Crippen MR) is 92.9 cm³/mol. The van der Waals surface area contributed by atoms with Gasteiger partial charge in [-0.2, -0.15) is 0 Å². The van der Waals surface area contributed by atoms with Gasteiger partial charge in [-0.05, 0) is 36.8 Å². The van der Waals surface area contributed by atoms with Gasteiger partial charge in [0.25, 0.3) is 0 Å². The number of carbonyl (C=O) groups excluding carboxylic acids is 1. The molecule has 5 nitrogen and oxygen atoms in total. The topological polar surface area (TPSA) is 66.5 Å². The van der Waals surface area contributed by atoms with E-state index in [1.807, 2.05) is 0 Å². The van der Waals surface area contributed by atoms with Crippen LogP contribution in [-0.4, -0.2) is 27.1 Å². The molecule has 2 rings (SSSR count). The molecule has 0 aromatic heterocycles. The fourth-order valence-corrected chi connectivity index (χ4v) is 3.26. The van der Waals surface area contributed by atoms with E-state index >= 15 is 0 Å². The SMILES string of the molecule is CS(=O)(=O)N(CCCC(=O)Nc1cccc(F)c1)c1ccccc1F. The Morgan fingerprint density at radius 3 is 2.48 bits per heavy atom. The maximum Gasteiger partial charge on any atom is 0.232 e. The van der Waals surface area contributed by atoms with Gasteiger partial charge in [0.2, 0.25) is 15.9 Å². The number of para-hydroxylation sites is 1. The van der Waals surface area contributed by atoms with Gasteiger partial charge in [0.15, 0.2) is 0 Å². The normalized spacial score (nSPS) is 11.2. The van der Waals surface area contributed by atoms with Crippen molar-refractivity contribution in [2.45, 2.75) is 12.8 Å². The van der Waals surface area contributed by atoms with Crippen LogP contribution in [0, 0.1) is 11.6 Å². The third-order valence-electron chi connectivity index (χ3n) is 3.39. The lowest BCUT2D eigenvalue weighted by atomic mass is 10.2. The second kappa shape index (κ2) is 8.06. The number of nitrogens with one attached hydrogen (secondary N) is 1. The molecule has 0 spiro atoms. The largest absolute Gasteiger partial charge is 0.326 e. The van der Waals surface area contributed by atoms with E-state index in [1.54, 1.807) is 6.07 Å². The quantitative estimate of drug-likeness (QED) is 0.816. The lowest BCUT2D eigenvalue weighted by Crippen LogP contribution is -2.32. The summed E-state index contributed by atoms with van der Waals surface area (Å²) in [5.41, 5.74) is 0.259. The predicted octanol–water partition coefficient (Wildman–Crippen LogP) is 3.15. The molecule has 0 bridgehead atoms. The van der Waals surface area contributed by atoms with E-state index in [2.05, 4.69) is 5.32 Å². The van der Waals surface area contributed by atoms with Gasteiger partial charge in [-0.15, -0.1) is 0 Å². The number of halogens is 2. The molecule has 0 saturated carbocycles. The standard InChI is InChI=1S/C17H18F2N2O3S/c1-25(23,24)21(16-9-3-2-8-15(16)19)11-5-10-17(22)20-14-7-4-6-13(18)12-14/h2-4,6-9,12H,5,10-11H2,1H3,(H,20,22). The second-order valence-corrected chi connectivity index (χ2v) is 7.36. The van der Waals surface area contributed by atoms with E-state index in [9.17, 15) is 22.0 Å². The van der Waals surface area contributed by atoms with Crippen molar-refractivity contribution in [3.63, 3.8) is 0 Å². The van der Waals surface area contributed by atoms with Crippen LogP contribution in [0.2, 0.25) is 0 Å². The molecule has 0 atom stereocenters. The monoisotopic (exact) mass is 368 g/mol. The zero-order valence-corrected chi connectivity index (χ0v) is 14.4. The summed E-state index contributed by atoms with van der Waals surface area (Å²) in [7, 11) is -3.69. The highest BCUT2D eigenvalue weighted by molar-refractivity contribution is 7.92. The molecular formula is C17H18F2N2O3S. The van der Waals surface area contributed by atoms with Gasteiger partial charge in [0, 0.05) is 18.7 Å². The van der Waals surface area contributed by atoms with Crippen molar-refractivity contribution in [3.8, 4) is 0 Å². The molecule has 0 radical (unpaired) electrons. The van der Waals surface area contributed by atoms with Crippen molar-refractivity contribution in [1.82, 2.24) is 0 Å². The fraction of sp³-hybridized carbons (Fsp3) is 0.235. The number of amides is 1. The zero-order valence-electron chi connectivity index (χ0n) is 13.6. The Morgan fingerprint density at radius 1 is 1.12 bits per heavy atom. The van der Waals surface area contributed by atoms with E-state index in [1.165, 1.54) is 42.5 Å². The highest BCUT2D eigenvalue weighted by Crippen LogP contribution is 2.22. The maximum atomic E-state index is 13.9. The first kappa shape index (κ1) is 18.9. The minimum absolute atomic E-state index is 0.0109. The van der Waals surface area contributed by atoms with Crippen molar-refractivity contribution in [3.05, 3.63) is 60.2 Å². The third kappa shape index (κ3) is 5.53. The van der Waals surface area contributed by atoms with Crippen LogP contribution in [0.5, 0.6) is 0 Å². The molecule has 0 aliphatic heterocycles.